The van der Waals surface area contributed by atoms with E-state index in [-0.39, 0.29) is 22.9 Å². The van der Waals surface area contributed by atoms with Crippen LogP contribution in [-0.2, 0) is 23.0 Å². The lowest BCUT2D eigenvalue weighted by molar-refractivity contribution is 0.217. The molecule has 0 aliphatic rings. The van der Waals surface area contributed by atoms with Crippen molar-refractivity contribution in [1.29, 1.82) is 0 Å². The fourth-order valence-corrected chi connectivity index (χ4v) is 5.47. The van der Waals surface area contributed by atoms with Gasteiger partial charge in [0.1, 0.15) is 11.6 Å². The molecule has 0 fully saturated rings. The first-order chi connectivity index (χ1) is 18.7. The molecule has 0 radical (unpaired) electrons. The number of anilines is 1. The molecule has 0 saturated carbocycles. The van der Waals surface area contributed by atoms with Crippen molar-refractivity contribution in [2.45, 2.75) is 45.1 Å². The van der Waals surface area contributed by atoms with E-state index in [2.05, 4.69) is 19.8 Å². The van der Waals surface area contributed by atoms with Crippen LogP contribution in [0.4, 0.5) is 5.69 Å². The molecule has 0 unspecified atom stereocenters. The number of aromatic amines is 1. The molecule has 3 N–H and O–H groups in total. The molecule has 39 heavy (non-hydrogen) atoms. The van der Waals surface area contributed by atoms with E-state index in [1.165, 1.54) is 16.6 Å². The molecule has 0 atom stereocenters. The first kappa shape index (κ1) is 28.3. The Morgan fingerprint density at radius 1 is 1.18 bits per heavy atom. The molecule has 2 heterocycles. The lowest BCUT2D eigenvalue weighted by atomic mass is 10.2. The van der Waals surface area contributed by atoms with Crippen LogP contribution in [0, 0.1) is 6.92 Å². The van der Waals surface area contributed by atoms with E-state index in [0.717, 1.165) is 12.0 Å². The number of likely N-dealkylation sites (N-methyl/N-ethyl adjacent to an activating group) is 1. The van der Waals surface area contributed by atoms with Gasteiger partial charge in [0.25, 0.3) is 15.6 Å². The fourth-order valence-electron chi connectivity index (χ4n) is 4.39. The normalized spacial score (nSPS) is 11.8. The number of hydrogen-bond donors (Lipinski definition) is 3. The number of nitrogens with zero attached hydrogens (tertiary/aromatic N) is 4. The number of sulfonamides is 1. The van der Waals surface area contributed by atoms with Gasteiger partial charge in [0.2, 0.25) is 0 Å². The van der Waals surface area contributed by atoms with Crippen LogP contribution in [0.3, 0.4) is 0 Å². The molecule has 0 spiro atoms. The highest BCUT2D eigenvalue weighted by Gasteiger charge is 2.21. The molecular formula is C27H34N6O5S. The van der Waals surface area contributed by atoms with Crippen molar-refractivity contribution in [3.05, 3.63) is 69.9 Å². The van der Waals surface area contributed by atoms with Crippen molar-refractivity contribution in [3.63, 3.8) is 0 Å². The van der Waals surface area contributed by atoms with Crippen molar-refractivity contribution in [2.24, 2.45) is 0 Å². The van der Waals surface area contributed by atoms with E-state index in [1.54, 1.807) is 31.2 Å². The monoisotopic (exact) mass is 554 g/mol. The third kappa shape index (κ3) is 6.29. The summed E-state index contributed by atoms with van der Waals surface area (Å²) >= 11 is 0. The summed E-state index contributed by atoms with van der Waals surface area (Å²) in [5.41, 5.74) is 2.21. The second kappa shape index (κ2) is 12.0. The van der Waals surface area contributed by atoms with Gasteiger partial charge in [-0.3, -0.25) is 14.4 Å². The number of H-pyrrole nitrogens is 1. The SMILES string of the molecule is CCCc1nc(C)c2c(=O)[nH]c(-c3cc(S(=O)(=O)Nc4cccc(CN(C)CCO)c4)ccc3OCC)nn12. The highest BCUT2D eigenvalue weighted by molar-refractivity contribution is 7.92. The number of aliphatic hydroxyl groups is 1. The average Bonchev–Trinajstić information content (AvgIpc) is 3.20. The smallest absolute Gasteiger partial charge is 0.277 e. The topological polar surface area (TPSA) is 142 Å². The quantitative estimate of drug-likeness (QED) is 0.243. The standard InChI is InChI=1S/C27H34N6O5S/c1-5-8-24-28-18(3)25-27(35)29-26(30-33(24)25)22-16-21(11-12-23(22)38-6-2)39(36,37)31-20-10-7-9-19(15-20)17-32(4)13-14-34/h7,9-12,15-16,31,34H,5-6,8,13-14,17H2,1-4H3,(H,29,30,35). The second-order valence-corrected chi connectivity index (χ2v) is 11.0. The number of aliphatic hydroxyl groups excluding tert-OH is 1. The van der Waals surface area contributed by atoms with Gasteiger partial charge in [0, 0.05) is 25.2 Å². The number of hydrogen-bond acceptors (Lipinski definition) is 8. The average molecular weight is 555 g/mol. The van der Waals surface area contributed by atoms with E-state index in [1.807, 2.05) is 31.9 Å². The van der Waals surface area contributed by atoms with Gasteiger partial charge in [-0.1, -0.05) is 19.1 Å². The molecule has 0 amide bonds. The molecule has 0 aliphatic carbocycles. The summed E-state index contributed by atoms with van der Waals surface area (Å²) in [7, 11) is -2.12. The van der Waals surface area contributed by atoms with Gasteiger partial charge in [-0.15, -0.1) is 5.10 Å². The summed E-state index contributed by atoms with van der Waals surface area (Å²) in [5, 5.41) is 13.8. The number of aryl methyl sites for hydroxylation is 2. The molecule has 4 rings (SSSR count). The van der Waals surface area contributed by atoms with Gasteiger partial charge < -0.3 is 14.8 Å². The Labute approximate surface area is 227 Å². The van der Waals surface area contributed by atoms with Crippen molar-refractivity contribution in [3.8, 4) is 17.1 Å². The number of aromatic nitrogens is 4. The molecule has 11 nitrogen and oxygen atoms in total. The Bertz CT molecular complexity index is 1630. The van der Waals surface area contributed by atoms with E-state index in [4.69, 9.17) is 9.84 Å². The zero-order valence-electron chi connectivity index (χ0n) is 22.6. The largest absolute Gasteiger partial charge is 0.493 e. The number of rotatable bonds is 12. The van der Waals surface area contributed by atoms with Crippen molar-refractivity contribution in [2.75, 3.05) is 31.5 Å². The van der Waals surface area contributed by atoms with Crippen LogP contribution in [0.5, 0.6) is 5.75 Å². The first-order valence-electron chi connectivity index (χ1n) is 12.8. The fraction of sp³-hybridized carbons (Fsp3) is 0.370. The maximum absolute atomic E-state index is 13.4. The van der Waals surface area contributed by atoms with E-state index in [0.29, 0.717) is 60.2 Å². The van der Waals surface area contributed by atoms with Crippen molar-refractivity contribution < 1.29 is 18.3 Å². The lowest BCUT2D eigenvalue weighted by Gasteiger charge is -2.16. The molecule has 0 aliphatic heterocycles. The van der Waals surface area contributed by atoms with Crippen LogP contribution in [0.1, 0.15) is 37.4 Å². The summed E-state index contributed by atoms with van der Waals surface area (Å²) < 4.78 is 36.7. The summed E-state index contributed by atoms with van der Waals surface area (Å²) in [6.45, 7) is 7.03. The Morgan fingerprint density at radius 2 is 1.97 bits per heavy atom. The number of nitrogens with one attached hydrogen (secondary N) is 2. The Morgan fingerprint density at radius 3 is 2.69 bits per heavy atom. The number of imidazole rings is 1. The van der Waals surface area contributed by atoms with Crippen LogP contribution < -0.4 is 15.0 Å². The number of fused-ring (bicyclic) bond motifs is 1. The molecule has 2 aromatic heterocycles. The van der Waals surface area contributed by atoms with Crippen LogP contribution in [0.25, 0.3) is 16.9 Å². The van der Waals surface area contributed by atoms with Gasteiger partial charge >= 0.3 is 0 Å². The van der Waals surface area contributed by atoms with Crippen LogP contribution in [0.15, 0.2) is 52.2 Å². The predicted molar refractivity (Wildman–Crippen MR) is 150 cm³/mol. The van der Waals surface area contributed by atoms with Crippen molar-refractivity contribution >= 4 is 21.2 Å². The number of benzene rings is 2. The van der Waals surface area contributed by atoms with E-state index >= 15 is 0 Å². The Hall–Kier alpha value is -3.74. The van der Waals surface area contributed by atoms with E-state index in [9.17, 15) is 13.2 Å². The Balaban J connectivity index is 1.74. The highest BCUT2D eigenvalue weighted by Crippen LogP contribution is 2.31. The first-order valence-corrected chi connectivity index (χ1v) is 14.3. The minimum absolute atomic E-state index is 0.0120. The summed E-state index contributed by atoms with van der Waals surface area (Å²) in [6.07, 6.45) is 1.46. The van der Waals surface area contributed by atoms with Gasteiger partial charge in [-0.05, 0) is 63.2 Å². The molecule has 208 valence electrons. The van der Waals surface area contributed by atoms with Crippen LogP contribution in [-0.4, -0.2) is 64.8 Å². The number of ether oxygens (including phenoxy) is 1. The molecular weight excluding hydrogens is 520 g/mol. The second-order valence-electron chi connectivity index (χ2n) is 9.28. The van der Waals surface area contributed by atoms with Crippen LogP contribution >= 0.6 is 0 Å². The Kier molecular flexibility index (Phi) is 8.68. The van der Waals surface area contributed by atoms with Gasteiger partial charge in [0.05, 0.1) is 29.4 Å². The predicted octanol–water partition coefficient (Wildman–Crippen LogP) is 2.97. The lowest BCUT2D eigenvalue weighted by Crippen LogP contribution is -2.21. The van der Waals surface area contributed by atoms with Gasteiger partial charge in [-0.2, -0.15) is 0 Å². The molecule has 12 heteroatoms. The van der Waals surface area contributed by atoms with Gasteiger partial charge in [0.15, 0.2) is 11.3 Å². The van der Waals surface area contributed by atoms with Crippen molar-refractivity contribution in [1.82, 2.24) is 24.5 Å². The highest BCUT2D eigenvalue weighted by atomic mass is 32.2. The van der Waals surface area contributed by atoms with Crippen LogP contribution in [0.2, 0.25) is 0 Å². The third-order valence-electron chi connectivity index (χ3n) is 6.15. The minimum Gasteiger partial charge on any atom is -0.493 e. The molecule has 4 aromatic rings. The third-order valence-corrected chi connectivity index (χ3v) is 7.53. The zero-order chi connectivity index (χ0) is 28.2. The maximum atomic E-state index is 13.4. The summed E-state index contributed by atoms with van der Waals surface area (Å²) in [5.74, 6) is 1.23. The van der Waals surface area contributed by atoms with E-state index < -0.39 is 10.0 Å². The molecule has 0 bridgehead atoms. The van der Waals surface area contributed by atoms with Gasteiger partial charge in [-0.25, -0.2) is 17.9 Å². The maximum Gasteiger partial charge on any atom is 0.277 e. The summed E-state index contributed by atoms with van der Waals surface area (Å²) in [4.78, 5) is 22.2. The summed E-state index contributed by atoms with van der Waals surface area (Å²) in [6, 6.07) is 11.5. The minimum atomic E-state index is -3.99. The zero-order valence-corrected chi connectivity index (χ0v) is 23.4. The molecule has 0 saturated heterocycles. The molecule has 2 aromatic carbocycles.